The molecule has 0 aliphatic heterocycles. The number of rotatable bonds is 6. The third kappa shape index (κ3) is 4.45. The highest BCUT2D eigenvalue weighted by Gasteiger charge is 2.04. The van der Waals surface area contributed by atoms with E-state index in [1.54, 1.807) is 13.0 Å². The summed E-state index contributed by atoms with van der Waals surface area (Å²) in [7, 11) is 0. The van der Waals surface area contributed by atoms with E-state index in [1.807, 2.05) is 36.4 Å². The largest absolute Gasteiger partial charge is 0.340 e. The molecule has 5 nitrogen and oxygen atoms in total. The lowest BCUT2D eigenvalue weighted by Gasteiger charge is -2.10. The molecule has 2 N–H and O–H groups in total. The van der Waals surface area contributed by atoms with Crippen molar-refractivity contribution >= 4 is 28.8 Å². The van der Waals surface area contributed by atoms with Gasteiger partial charge < -0.3 is 10.6 Å². The van der Waals surface area contributed by atoms with Crippen molar-refractivity contribution in [2.45, 2.75) is 26.7 Å². The first kappa shape index (κ1) is 17.6. The van der Waals surface area contributed by atoms with Crippen LogP contribution >= 0.6 is 0 Å². The van der Waals surface area contributed by atoms with Gasteiger partial charge in [0.2, 0.25) is 0 Å². The van der Waals surface area contributed by atoms with Crippen molar-refractivity contribution in [2.24, 2.45) is 0 Å². The third-order valence-electron chi connectivity index (χ3n) is 4.06. The van der Waals surface area contributed by atoms with Gasteiger partial charge in [0, 0.05) is 23.0 Å². The Kier molecular flexibility index (Phi) is 5.27. The van der Waals surface area contributed by atoms with Crippen molar-refractivity contribution in [1.29, 1.82) is 0 Å². The highest BCUT2D eigenvalue weighted by atomic mass is 16.1. The van der Waals surface area contributed by atoms with E-state index in [9.17, 15) is 4.79 Å². The molecule has 0 atom stereocenters. The van der Waals surface area contributed by atoms with Crippen LogP contribution in [-0.4, -0.2) is 15.8 Å². The lowest BCUT2D eigenvalue weighted by Crippen LogP contribution is -2.00. The van der Waals surface area contributed by atoms with Crippen molar-refractivity contribution in [1.82, 2.24) is 9.97 Å². The summed E-state index contributed by atoms with van der Waals surface area (Å²) in [6.07, 6.45) is 1.50. The molecule has 26 heavy (non-hydrogen) atoms. The molecule has 0 saturated carbocycles. The monoisotopic (exact) mass is 346 g/mol. The average molecular weight is 346 g/mol. The summed E-state index contributed by atoms with van der Waals surface area (Å²) >= 11 is 0. The second-order valence-corrected chi connectivity index (χ2v) is 6.45. The van der Waals surface area contributed by atoms with E-state index in [0.29, 0.717) is 23.1 Å². The topological polar surface area (TPSA) is 66.9 Å². The lowest BCUT2D eigenvalue weighted by molar-refractivity contribution is 0.101. The number of hydrogen-bond acceptors (Lipinski definition) is 5. The molecule has 0 unspecified atom stereocenters. The van der Waals surface area contributed by atoms with E-state index >= 15 is 0 Å². The molecule has 1 heterocycles. The maximum absolute atomic E-state index is 11.5. The van der Waals surface area contributed by atoms with E-state index in [2.05, 4.69) is 46.6 Å². The van der Waals surface area contributed by atoms with Crippen molar-refractivity contribution < 1.29 is 4.79 Å². The van der Waals surface area contributed by atoms with Crippen LogP contribution in [0.1, 0.15) is 42.6 Å². The molecule has 0 amide bonds. The van der Waals surface area contributed by atoms with Crippen molar-refractivity contribution in [3.63, 3.8) is 0 Å². The zero-order valence-electron chi connectivity index (χ0n) is 15.2. The van der Waals surface area contributed by atoms with Gasteiger partial charge in [-0.1, -0.05) is 38.1 Å². The number of anilines is 4. The highest BCUT2D eigenvalue weighted by Crippen LogP contribution is 2.22. The molecule has 0 aliphatic rings. The van der Waals surface area contributed by atoms with Gasteiger partial charge in [0.1, 0.15) is 18.0 Å². The number of hydrogen-bond donors (Lipinski definition) is 2. The van der Waals surface area contributed by atoms with E-state index < -0.39 is 0 Å². The van der Waals surface area contributed by atoms with Crippen LogP contribution in [0, 0.1) is 0 Å². The van der Waals surface area contributed by atoms with Crippen molar-refractivity contribution in [3.8, 4) is 0 Å². The summed E-state index contributed by atoms with van der Waals surface area (Å²) in [5.41, 5.74) is 3.74. The van der Waals surface area contributed by atoms with Gasteiger partial charge >= 0.3 is 0 Å². The van der Waals surface area contributed by atoms with Gasteiger partial charge in [0.05, 0.1) is 0 Å². The molecule has 0 spiro atoms. The minimum Gasteiger partial charge on any atom is -0.340 e. The van der Waals surface area contributed by atoms with E-state index in [-0.39, 0.29) is 5.78 Å². The smallest absolute Gasteiger partial charge is 0.159 e. The molecule has 5 heteroatoms. The highest BCUT2D eigenvalue weighted by molar-refractivity contribution is 5.95. The first-order valence-electron chi connectivity index (χ1n) is 8.58. The Morgan fingerprint density at radius 1 is 0.885 bits per heavy atom. The second-order valence-electron chi connectivity index (χ2n) is 6.45. The Morgan fingerprint density at radius 3 is 2.15 bits per heavy atom. The normalized spacial score (nSPS) is 10.6. The van der Waals surface area contributed by atoms with Gasteiger partial charge in [-0.25, -0.2) is 9.97 Å². The summed E-state index contributed by atoms with van der Waals surface area (Å²) < 4.78 is 0. The van der Waals surface area contributed by atoms with E-state index in [1.165, 1.54) is 11.9 Å². The average Bonchev–Trinajstić information content (AvgIpc) is 2.62. The minimum atomic E-state index is 0.0311. The quantitative estimate of drug-likeness (QED) is 0.594. The number of carbonyl (C=O) groups is 1. The maximum Gasteiger partial charge on any atom is 0.159 e. The fourth-order valence-electron chi connectivity index (χ4n) is 2.56. The Morgan fingerprint density at radius 2 is 1.54 bits per heavy atom. The van der Waals surface area contributed by atoms with Gasteiger partial charge in [-0.15, -0.1) is 0 Å². The van der Waals surface area contributed by atoms with Crippen molar-refractivity contribution in [2.75, 3.05) is 10.6 Å². The number of ketones is 1. The SMILES string of the molecule is CC(=O)c1cccc(Nc2cc(Nc3ccc(C(C)C)cc3)ncn2)c1. The molecule has 3 aromatic rings. The number of benzene rings is 2. The molecule has 0 saturated heterocycles. The van der Waals surface area contributed by atoms with Crippen LogP contribution in [-0.2, 0) is 0 Å². The zero-order chi connectivity index (χ0) is 18.5. The molecule has 0 bridgehead atoms. The first-order chi connectivity index (χ1) is 12.5. The van der Waals surface area contributed by atoms with Crippen LogP contribution in [0.5, 0.6) is 0 Å². The first-order valence-corrected chi connectivity index (χ1v) is 8.58. The van der Waals surface area contributed by atoms with Gasteiger partial charge in [0.15, 0.2) is 5.78 Å². The fraction of sp³-hybridized carbons (Fsp3) is 0.190. The second kappa shape index (κ2) is 7.78. The van der Waals surface area contributed by atoms with E-state index in [4.69, 9.17) is 0 Å². The molecular weight excluding hydrogens is 324 g/mol. The van der Waals surface area contributed by atoms with E-state index in [0.717, 1.165) is 11.4 Å². The predicted octanol–water partition coefficient (Wildman–Crippen LogP) is 5.29. The van der Waals surface area contributed by atoms with Gasteiger partial charge in [-0.05, 0) is 42.7 Å². The molecule has 0 aliphatic carbocycles. The Bertz CT molecular complexity index is 904. The lowest BCUT2D eigenvalue weighted by atomic mass is 10.0. The van der Waals surface area contributed by atoms with Crippen LogP contribution in [0.2, 0.25) is 0 Å². The Labute approximate surface area is 153 Å². The maximum atomic E-state index is 11.5. The van der Waals surface area contributed by atoms with Crippen LogP contribution < -0.4 is 10.6 Å². The standard InChI is InChI=1S/C21H22N4O/c1-14(2)16-7-9-18(10-8-16)24-20-12-21(23-13-22-20)25-19-6-4-5-17(11-19)15(3)26/h4-14H,1-3H3,(H2,22,23,24,25). The predicted molar refractivity (Wildman–Crippen MR) is 106 cm³/mol. The summed E-state index contributed by atoms with van der Waals surface area (Å²) in [4.78, 5) is 20.0. The van der Waals surface area contributed by atoms with Gasteiger partial charge in [0.25, 0.3) is 0 Å². The van der Waals surface area contributed by atoms with Crippen LogP contribution in [0.15, 0.2) is 60.9 Å². The third-order valence-corrected chi connectivity index (χ3v) is 4.06. The Hall–Kier alpha value is -3.21. The molecule has 132 valence electrons. The van der Waals surface area contributed by atoms with Crippen LogP contribution in [0.25, 0.3) is 0 Å². The fourth-order valence-corrected chi connectivity index (χ4v) is 2.56. The number of Topliss-reactive ketones (excluding diaryl/α,β-unsaturated/α-hetero) is 1. The summed E-state index contributed by atoms with van der Waals surface area (Å²) in [5, 5.41) is 6.49. The minimum absolute atomic E-state index is 0.0311. The number of nitrogens with one attached hydrogen (secondary N) is 2. The summed E-state index contributed by atoms with van der Waals surface area (Å²) in [6.45, 7) is 5.90. The molecule has 3 rings (SSSR count). The summed E-state index contributed by atoms with van der Waals surface area (Å²) in [5.74, 6) is 1.89. The molecule has 2 aromatic carbocycles. The number of nitrogens with zero attached hydrogens (tertiary/aromatic N) is 2. The molecular formula is C21H22N4O. The molecule has 0 fully saturated rings. The van der Waals surface area contributed by atoms with Gasteiger partial charge in [-0.2, -0.15) is 0 Å². The number of carbonyl (C=O) groups excluding carboxylic acids is 1. The molecule has 1 aromatic heterocycles. The van der Waals surface area contributed by atoms with Gasteiger partial charge in [-0.3, -0.25) is 4.79 Å². The van der Waals surface area contributed by atoms with Crippen molar-refractivity contribution in [3.05, 3.63) is 72.1 Å². The number of aromatic nitrogens is 2. The van der Waals surface area contributed by atoms with Crippen LogP contribution in [0.4, 0.5) is 23.0 Å². The van der Waals surface area contributed by atoms with Crippen LogP contribution in [0.3, 0.4) is 0 Å². The zero-order valence-corrected chi connectivity index (χ0v) is 15.2. The molecule has 0 radical (unpaired) electrons. The summed E-state index contributed by atoms with van der Waals surface area (Å²) in [6, 6.07) is 17.5. The Balaban J connectivity index is 1.74.